The summed E-state index contributed by atoms with van der Waals surface area (Å²) in [6.45, 7) is 19.1. The fourth-order valence-corrected chi connectivity index (χ4v) is 18.0. The van der Waals surface area contributed by atoms with Crippen LogP contribution in [-0.2, 0) is 21.7 Å². The van der Waals surface area contributed by atoms with Crippen LogP contribution in [-0.4, -0.2) is 0 Å². The maximum Gasteiger partial charge on any atom is 0.0546 e. The Hall–Kier alpha value is -11.6. The molecule has 0 aromatic heterocycles. The molecule has 0 heterocycles. The lowest BCUT2D eigenvalue weighted by atomic mass is 9.81. The summed E-state index contributed by atoms with van der Waals surface area (Å²) < 4.78 is 0. The normalized spacial score (nSPS) is 15.0. The van der Waals surface area contributed by atoms with Crippen LogP contribution in [0.15, 0.2) is 291 Å². The van der Waals surface area contributed by atoms with Gasteiger partial charge in [-0.3, -0.25) is 0 Å². The first-order valence-electron chi connectivity index (χ1n) is 35.5. The summed E-state index contributed by atoms with van der Waals surface area (Å²) in [5.74, 6) is 0. The van der Waals surface area contributed by atoms with Crippen LogP contribution in [0.3, 0.4) is 0 Å². The molecule has 2 heteroatoms. The first-order chi connectivity index (χ1) is 48.6. The van der Waals surface area contributed by atoms with Gasteiger partial charge >= 0.3 is 0 Å². The summed E-state index contributed by atoms with van der Waals surface area (Å²) in [5, 5.41) is 9.97. The SMILES string of the molecule is CC1(C)c2ccccc2-c2ccc(N(c3ccc4c(c3)C(C)(C)c3cc(C=Cc5ccc(C=Cc6ccc7c(c6)C(C)(C)c6cc(N(c8ccc9c(c8)C(C)(C)c8ccccc8-9)c8cc9ccccc9c9ccccc89)ccc6-7)cc5)ccc3-4)c3cc4ccccc4c4ccccc34)cc21. The molecule has 0 aliphatic heterocycles. The Morgan fingerprint density at radius 3 is 0.810 bits per heavy atom. The number of benzene rings is 15. The number of anilines is 6. The van der Waals surface area contributed by atoms with E-state index in [9.17, 15) is 0 Å². The Labute approximate surface area is 587 Å². The van der Waals surface area contributed by atoms with Crippen LogP contribution >= 0.6 is 0 Å². The van der Waals surface area contributed by atoms with Crippen LogP contribution in [0, 0.1) is 0 Å². The number of nitrogens with zero attached hydrogens (tertiary/aromatic N) is 2. The van der Waals surface area contributed by atoms with Crippen molar-refractivity contribution in [1.29, 1.82) is 0 Å². The van der Waals surface area contributed by atoms with Crippen LogP contribution in [0.1, 0.15) is 122 Å². The van der Waals surface area contributed by atoms with Gasteiger partial charge in [-0.15, -0.1) is 0 Å². The molecule has 0 atom stereocenters. The maximum absolute atomic E-state index is 2.53. The number of hydrogen-bond acceptors (Lipinski definition) is 2. The molecular formula is C98H76N2. The lowest BCUT2D eigenvalue weighted by molar-refractivity contribution is 0.659. The molecule has 0 spiro atoms. The van der Waals surface area contributed by atoms with Crippen LogP contribution in [0.25, 0.3) is 112 Å². The second-order valence-electron chi connectivity index (χ2n) is 30.4. The van der Waals surface area contributed by atoms with Gasteiger partial charge in [0, 0.05) is 55.2 Å². The highest BCUT2D eigenvalue weighted by atomic mass is 15.2. The third-order valence-electron chi connectivity index (χ3n) is 23.4. The van der Waals surface area contributed by atoms with E-state index in [0.29, 0.717) is 0 Å². The van der Waals surface area contributed by atoms with Crippen molar-refractivity contribution in [2.24, 2.45) is 0 Å². The number of hydrogen-bond donors (Lipinski definition) is 0. The van der Waals surface area contributed by atoms with Gasteiger partial charge in [-0.2, -0.15) is 0 Å². The van der Waals surface area contributed by atoms with Gasteiger partial charge in [0.05, 0.1) is 11.4 Å². The van der Waals surface area contributed by atoms with E-state index >= 15 is 0 Å². The summed E-state index contributed by atoms with van der Waals surface area (Å²) >= 11 is 0. The predicted octanol–water partition coefficient (Wildman–Crippen LogP) is 26.8. The fraction of sp³-hybridized carbons (Fsp3) is 0.122. The zero-order valence-corrected chi connectivity index (χ0v) is 57.9. The van der Waals surface area contributed by atoms with Crippen molar-refractivity contribution in [1.82, 2.24) is 0 Å². The molecule has 0 amide bonds. The van der Waals surface area contributed by atoms with E-state index in [1.807, 2.05) is 0 Å². The van der Waals surface area contributed by atoms with Crippen molar-refractivity contribution in [3.63, 3.8) is 0 Å². The summed E-state index contributed by atoms with van der Waals surface area (Å²) in [4.78, 5) is 5.06. The van der Waals surface area contributed by atoms with Crippen molar-refractivity contribution in [3.8, 4) is 44.5 Å². The second-order valence-corrected chi connectivity index (χ2v) is 30.4. The number of rotatable bonds is 10. The van der Waals surface area contributed by atoms with Gasteiger partial charge in [-0.25, -0.2) is 0 Å². The lowest BCUT2D eigenvalue weighted by Gasteiger charge is -2.31. The molecule has 100 heavy (non-hydrogen) atoms. The third-order valence-corrected chi connectivity index (χ3v) is 23.4. The summed E-state index contributed by atoms with van der Waals surface area (Å²) in [7, 11) is 0. The van der Waals surface area contributed by atoms with Crippen LogP contribution in [0.2, 0.25) is 0 Å². The molecule has 0 saturated heterocycles. The standard InChI is InChI=1S/C98H76N2/c1-95(2)85-31-19-17-27-75(85)79-49-43-67(57-89(79)95)99(93-55-65-21-9-11-23-71(65)73-25-13-15-29-83(73)93)69-45-51-81-77-47-41-63(53-87(77)97(5,6)91(81)59-69)39-37-61-33-35-62(36-34-61)38-40-64-42-48-78-82-52-46-70(60-92(82)98(7,8)88(78)54-64)100(94-56-66-22-10-12-24-72(66)74-26-14-16-30-84(74)94)68-44-50-80-76-28-18-20-32-86(76)96(3,4)90(80)58-68/h9-60H,1-8H3. The Morgan fingerprint density at radius 1 is 0.200 bits per heavy atom. The Bertz CT molecular complexity index is 5670. The van der Waals surface area contributed by atoms with Crippen LogP contribution < -0.4 is 9.80 Å². The average molecular weight is 1280 g/mol. The van der Waals surface area contributed by atoms with Crippen molar-refractivity contribution >= 4 is 102 Å². The van der Waals surface area contributed by atoms with E-state index in [1.54, 1.807) is 0 Å². The highest BCUT2D eigenvalue weighted by molar-refractivity contribution is 6.16. The molecule has 0 saturated carbocycles. The second kappa shape index (κ2) is 22.0. The molecule has 2 nitrogen and oxygen atoms in total. The summed E-state index contributed by atoms with van der Waals surface area (Å²) in [6.07, 6.45) is 9.06. The Morgan fingerprint density at radius 2 is 0.450 bits per heavy atom. The fourth-order valence-electron chi connectivity index (χ4n) is 18.0. The molecule has 0 radical (unpaired) electrons. The zero-order chi connectivity index (χ0) is 67.6. The highest BCUT2D eigenvalue weighted by Crippen LogP contribution is 2.57. The quantitative estimate of drug-likeness (QED) is 0.0995. The van der Waals surface area contributed by atoms with Crippen molar-refractivity contribution in [3.05, 3.63) is 358 Å². The van der Waals surface area contributed by atoms with Gasteiger partial charge in [-0.05, 0) is 204 Å². The van der Waals surface area contributed by atoms with E-state index in [-0.39, 0.29) is 21.7 Å². The van der Waals surface area contributed by atoms with Gasteiger partial charge < -0.3 is 9.80 Å². The van der Waals surface area contributed by atoms with Gasteiger partial charge in [0.15, 0.2) is 0 Å². The smallest absolute Gasteiger partial charge is 0.0546 e. The molecule has 478 valence electrons. The minimum absolute atomic E-state index is 0.139. The van der Waals surface area contributed by atoms with Crippen LogP contribution in [0.4, 0.5) is 34.1 Å². The molecule has 15 aromatic rings. The lowest BCUT2D eigenvalue weighted by Crippen LogP contribution is -2.18. The average Bonchev–Trinajstić information content (AvgIpc) is 1.52. The first-order valence-corrected chi connectivity index (χ1v) is 35.5. The van der Waals surface area contributed by atoms with Gasteiger partial charge in [0.1, 0.15) is 0 Å². The molecule has 0 N–H and O–H groups in total. The van der Waals surface area contributed by atoms with Gasteiger partial charge in [-0.1, -0.05) is 310 Å². The minimum atomic E-state index is -0.244. The van der Waals surface area contributed by atoms with E-state index in [1.165, 1.54) is 166 Å². The molecule has 19 rings (SSSR count). The van der Waals surface area contributed by atoms with Crippen molar-refractivity contribution < 1.29 is 0 Å². The predicted molar refractivity (Wildman–Crippen MR) is 427 cm³/mol. The molecule has 15 aromatic carbocycles. The number of fused-ring (bicyclic) bond motifs is 18. The van der Waals surface area contributed by atoms with Gasteiger partial charge in [0.2, 0.25) is 0 Å². The Balaban J connectivity index is 0.596. The summed E-state index contributed by atoms with van der Waals surface area (Å²) in [5.41, 5.74) is 32.3. The molecular weight excluding hydrogens is 1210 g/mol. The molecule has 0 fully saturated rings. The Kier molecular flexibility index (Phi) is 13.1. The topological polar surface area (TPSA) is 6.48 Å². The summed E-state index contributed by atoms with van der Waals surface area (Å²) in [6, 6.07) is 110. The maximum atomic E-state index is 2.53. The van der Waals surface area contributed by atoms with E-state index in [2.05, 4.69) is 381 Å². The molecule has 4 aliphatic rings. The first kappa shape index (κ1) is 59.7. The van der Waals surface area contributed by atoms with E-state index in [4.69, 9.17) is 0 Å². The highest BCUT2D eigenvalue weighted by Gasteiger charge is 2.41. The van der Waals surface area contributed by atoms with E-state index < -0.39 is 0 Å². The molecule has 0 bridgehead atoms. The molecule has 0 unspecified atom stereocenters. The molecule has 4 aliphatic carbocycles. The van der Waals surface area contributed by atoms with E-state index in [0.717, 1.165) is 22.7 Å². The van der Waals surface area contributed by atoms with Crippen molar-refractivity contribution in [2.75, 3.05) is 9.80 Å². The van der Waals surface area contributed by atoms with Gasteiger partial charge in [0.25, 0.3) is 0 Å². The monoisotopic (exact) mass is 1280 g/mol. The van der Waals surface area contributed by atoms with Crippen molar-refractivity contribution in [2.45, 2.75) is 77.0 Å². The largest absolute Gasteiger partial charge is 0.310 e. The third kappa shape index (κ3) is 9.02. The minimum Gasteiger partial charge on any atom is -0.310 e. The zero-order valence-electron chi connectivity index (χ0n) is 57.9. The van der Waals surface area contributed by atoms with Crippen LogP contribution in [0.5, 0.6) is 0 Å².